The molecule has 0 radical (unpaired) electrons. The third-order valence-corrected chi connectivity index (χ3v) is 4.00. The molecule has 1 aliphatic carbocycles. The summed E-state index contributed by atoms with van der Waals surface area (Å²) in [7, 11) is 0. The van der Waals surface area contributed by atoms with Crippen LogP contribution in [0.3, 0.4) is 0 Å². The average Bonchev–Trinajstić information content (AvgIpc) is 2.74. The van der Waals surface area contributed by atoms with Crippen molar-refractivity contribution in [3.63, 3.8) is 0 Å². The fourth-order valence-corrected chi connectivity index (χ4v) is 3.18. The van der Waals surface area contributed by atoms with Gasteiger partial charge < -0.3 is 10.0 Å². The topological polar surface area (TPSA) is 72.2 Å². The number of fused-ring (bicyclic) bond motifs is 1. The molecular formula is C10H18N4O. The van der Waals surface area contributed by atoms with Crippen LogP contribution < -0.4 is 0 Å². The van der Waals surface area contributed by atoms with E-state index >= 15 is 0 Å². The predicted octanol–water partition coefficient (Wildman–Crippen LogP) is 1.39. The quantitative estimate of drug-likeness (QED) is 0.432. The third kappa shape index (κ3) is 1.95. The number of nitrogens with zero attached hydrogens (tertiary/aromatic N) is 4. The number of aliphatic hydroxyl groups is 1. The van der Waals surface area contributed by atoms with E-state index in [2.05, 4.69) is 14.9 Å². The van der Waals surface area contributed by atoms with Crippen LogP contribution in [0.25, 0.3) is 10.4 Å². The lowest BCUT2D eigenvalue weighted by molar-refractivity contribution is 0.112. The largest absolute Gasteiger partial charge is 0.396 e. The van der Waals surface area contributed by atoms with Gasteiger partial charge in [0.1, 0.15) is 0 Å². The van der Waals surface area contributed by atoms with Gasteiger partial charge in [0.25, 0.3) is 0 Å². The molecule has 5 heteroatoms. The number of rotatable bonds is 4. The number of aliphatic hydroxyl groups excluding tert-OH is 1. The Kier molecular flexibility index (Phi) is 3.14. The van der Waals surface area contributed by atoms with Crippen molar-refractivity contribution < 1.29 is 5.11 Å². The second-order valence-corrected chi connectivity index (χ2v) is 4.80. The van der Waals surface area contributed by atoms with Crippen molar-refractivity contribution in [2.75, 3.05) is 32.8 Å². The zero-order valence-electron chi connectivity index (χ0n) is 8.97. The van der Waals surface area contributed by atoms with Crippen molar-refractivity contribution in [1.82, 2.24) is 4.90 Å². The summed E-state index contributed by atoms with van der Waals surface area (Å²) in [6, 6.07) is 0. The normalized spacial score (nSPS) is 35.1. The van der Waals surface area contributed by atoms with E-state index in [4.69, 9.17) is 5.53 Å². The molecule has 1 aliphatic heterocycles. The van der Waals surface area contributed by atoms with E-state index < -0.39 is 0 Å². The van der Waals surface area contributed by atoms with Gasteiger partial charge in [0.15, 0.2) is 0 Å². The van der Waals surface area contributed by atoms with Crippen molar-refractivity contribution in [3.8, 4) is 0 Å². The lowest BCUT2D eigenvalue weighted by atomic mass is 9.82. The Morgan fingerprint density at radius 1 is 1.60 bits per heavy atom. The first kappa shape index (κ1) is 10.7. The molecule has 1 saturated heterocycles. The van der Waals surface area contributed by atoms with Crippen molar-refractivity contribution in [2.24, 2.45) is 16.4 Å². The van der Waals surface area contributed by atoms with Crippen LogP contribution in [0.5, 0.6) is 0 Å². The molecule has 2 fully saturated rings. The van der Waals surface area contributed by atoms with Crippen LogP contribution in [0, 0.1) is 11.3 Å². The van der Waals surface area contributed by atoms with Crippen LogP contribution in [-0.2, 0) is 0 Å². The van der Waals surface area contributed by atoms with Crippen LogP contribution in [0.15, 0.2) is 5.11 Å². The van der Waals surface area contributed by atoms with Gasteiger partial charge in [0, 0.05) is 36.5 Å². The van der Waals surface area contributed by atoms with E-state index in [1.54, 1.807) is 0 Å². The molecule has 0 aromatic rings. The Morgan fingerprint density at radius 2 is 2.47 bits per heavy atom. The molecule has 84 valence electrons. The molecule has 0 bridgehead atoms. The summed E-state index contributed by atoms with van der Waals surface area (Å²) in [5.74, 6) is 0.661. The van der Waals surface area contributed by atoms with Gasteiger partial charge in [0.05, 0.1) is 6.61 Å². The molecule has 0 amide bonds. The summed E-state index contributed by atoms with van der Waals surface area (Å²) in [6.07, 6.45) is 3.67. The van der Waals surface area contributed by atoms with Crippen molar-refractivity contribution in [3.05, 3.63) is 10.4 Å². The predicted molar refractivity (Wildman–Crippen MR) is 57.3 cm³/mol. The van der Waals surface area contributed by atoms with Crippen LogP contribution in [0.2, 0.25) is 0 Å². The lowest BCUT2D eigenvalue weighted by Gasteiger charge is -2.26. The molecule has 1 N–H and O–H groups in total. The smallest absolute Gasteiger partial charge is 0.0502 e. The molecule has 1 saturated carbocycles. The Morgan fingerprint density at radius 3 is 3.13 bits per heavy atom. The standard InChI is InChI=1S/C10H18N4O/c11-13-12-4-5-14-6-9-2-1-3-10(9,7-14)8-15/h9,15H,1-8H2. The minimum Gasteiger partial charge on any atom is -0.396 e. The molecule has 0 aromatic heterocycles. The van der Waals surface area contributed by atoms with E-state index in [1.807, 2.05) is 0 Å². The molecular weight excluding hydrogens is 192 g/mol. The fraction of sp³-hybridized carbons (Fsp3) is 1.00. The molecule has 5 nitrogen and oxygen atoms in total. The van der Waals surface area contributed by atoms with E-state index in [0.717, 1.165) is 26.1 Å². The minimum absolute atomic E-state index is 0.163. The summed E-state index contributed by atoms with van der Waals surface area (Å²) in [4.78, 5) is 5.08. The van der Waals surface area contributed by atoms with Gasteiger partial charge in [0.2, 0.25) is 0 Å². The molecule has 1 heterocycles. The van der Waals surface area contributed by atoms with E-state index in [-0.39, 0.29) is 5.41 Å². The van der Waals surface area contributed by atoms with Gasteiger partial charge in [-0.15, -0.1) is 0 Å². The highest BCUT2D eigenvalue weighted by molar-refractivity contribution is 5.00. The summed E-state index contributed by atoms with van der Waals surface area (Å²) in [5.41, 5.74) is 8.36. The second-order valence-electron chi connectivity index (χ2n) is 4.80. The fourth-order valence-electron chi connectivity index (χ4n) is 3.18. The summed E-state index contributed by atoms with van der Waals surface area (Å²) in [6.45, 7) is 3.75. The molecule has 2 unspecified atom stereocenters. The van der Waals surface area contributed by atoms with Crippen LogP contribution >= 0.6 is 0 Å². The van der Waals surface area contributed by atoms with Crippen molar-refractivity contribution >= 4 is 0 Å². The zero-order valence-corrected chi connectivity index (χ0v) is 8.97. The van der Waals surface area contributed by atoms with E-state index in [1.165, 1.54) is 12.8 Å². The Hall–Kier alpha value is -0.770. The second kappa shape index (κ2) is 4.39. The highest BCUT2D eigenvalue weighted by Gasteiger charge is 2.48. The molecule has 2 atom stereocenters. The Balaban J connectivity index is 1.90. The molecule has 0 spiro atoms. The van der Waals surface area contributed by atoms with Crippen LogP contribution in [-0.4, -0.2) is 42.8 Å². The first-order chi connectivity index (χ1) is 7.30. The maximum absolute atomic E-state index is 9.51. The van der Waals surface area contributed by atoms with Gasteiger partial charge >= 0.3 is 0 Å². The first-order valence-corrected chi connectivity index (χ1v) is 5.65. The van der Waals surface area contributed by atoms with Gasteiger partial charge in [-0.25, -0.2) is 0 Å². The van der Waals surface area contributed by atoms with E-state index in [0.29, 0.717) is 19.1 Å². The van der Waals surface area contributed by atoms with E-state index in [9.17, 15) is 5.11 Å². The molecule has 15 heavy (non-hydrogen) atoms. The van der Waals surface area contributed by atoms with Crippen molar-refractivity contribution in [2.45, 2.75) is 19.3 Å². The number of hydrogen-bond acceptors (Lipinski definition) is 3. The lowest BCUT2D eigenvalue weighted by Crippen LogP contribution is -2.31. The van der Waals surface area contributed by atoms with Crippen molar-refractivity contribution in [1.29, 1.82) is 0 Å². The summed E-state index contributed by atoms with van der Waals surface area (Å²) in [5, 5.41) is 13.1. The van der Waals surface area contributed by atoms with Gasteiger partial charge in [-0.1, -0.05) is 11.5 Å². The van der Waals surface area contributed by atoms with Crippen LogP contribution in [0.4, 0.5) is 0 Å². The SMILES string of the molecule is [N-]=[N+]=NCCN1CC2CCCC2(CO)C1. The molecule has 0 aromatic carbocycles. The average molecular weight is 210 g/mol. The van der Waals surface area contributed by atoms with Gasteiger partial charge in [-0.2, -0.15) is 0 Å². The van der Waals surface area contributed by atoms with Crippen LogP contribution in [0.1, 0.15) is 19.3 Å². The first-order valence-electron chi connectivity index (χ1n) is 5.65. The summed E-state index contributed by atoms with van der Waals surface area (Å²) < 4.78 is 0. The highest BCUT2D eigenvalue weighted by Crippen LogP contribution is 2.48. The number of azide groups is 1. The Labute approximate surface area is 89.7 Å². The molecule has 2 rings (SSSR count). The van der Waals surface area contributed by atoms with Gasteiger partial charge in [-0.05, 0) is 24.3 Å². The highest BCUT2D eigenvalue weighted by atomic mass is 16.3. The zero-order chi connectivity index (χ0) is 10.7. The third-order valence-electron chi connectivity index (χ3n) is 4.00. The minimum atomic E-state index is 0.163. The number of likely N-dealkylation sites (tertiary alicyclic amines) is 1. The summed E-state index contributed by atoms with van der Waals surface area (Å²) >= 11 is 0. The maximum atomic E-state index is 9.51. The maximum Gasteiger partial charge on any atom is 0.0502 e. The Bertz CT molecular complexity index is 277. The van der Waals surface area contributed by atoms with Gasteiger partial charge in [-0.3, -0.25) is 0 Å². The molecule has 2 aliphatic rings. The number of hydrogen-bond donors (Lipinski definition) is 1. The monoisotopic (exact) mass is 210 g/mol.